The van der Waals surface area contributed by atoms with Crippen LogP contribution in [0.1, 0.15) is 31.2 Å². The van der Waals surface area contributed by atoms with Gasteiger partial charge < -0.3 is 14.4 Å². The Kier molecular flexibility index (Phi) is 2.95. The summed E-state index contributed by atoms with van der Waals surface area (Å²) in [5.41, 5.74) is 1.21. The van der Waals surface area contributed by atoms with Gasteiger partial charge in [0.25, 0.3) is 0 Å². The summed E-state index contributed by atoms with van der Waals surface area (Å²) in [6.45, 7) is 1.25. The maximum Gasteiger partial charge on any atom is 0.231 e. The first-order chi connectivity index (χ1) is 10.1. The summed E-state index contributed by atoms with van der Waals surface area (Å²) >= 11 is 6.36. The Balaban J connectivity index is 1.81. The van der Waals surface area contributed by atoms with Crippen LogP contribution >= 0.6 is 11.6 Å². The summed E-state index contributed by atoms with van der Waals surface area (Å²) in [7, 11) is 2.11. The zero-order chi connectivity index (χ0) is 14.6. The quantitative estimate of drug-likeness (QED) is 0.800. The van der Waals surface area contributed by atoms with E-state index in [-0.39, 0.29) is 18.2 Å². The summed E-state index contributed by atoms with van der Waals surface area (Å²) in [5.74, 6) is 1.75. The van der Waals surface area contributed by atoms with Crippen LogP contribution in [0, 0.1) is 0 Å². The topological polar surface area (TPSA) is 38.8 Å². The first kappa shape index (κ1) is 13.4. The largest absolute Gasteiger partial charge is 0.454 e. The molecular weight excluding hydrogens is 290 g/mol. The minimum Gasteiger partial charge on any atom is -0.454 e. The van der Waals surface area contributed by atoms with Gasteiger partial charge in [-0.2, -0.15) is 0 Å². The SMILES string of the molecule is CN1CC[C@]2(c3cc(Cl)c4c(c3)OCO4)CCC(=O)CC12. The van der Waals surface area contributed by atoms with E-state index in [1.54, 1.807) is 0 Å². The van der Waals surface area contributed by atoms with E-state index in [2.05, 4.69) is 18.0 Å². The Morgan fingerprint density at radius 1 is 1.33 bits per heavy atom. The van der Waals surface area contributed by atoms with Crippen molar-refractivity contribution in [3.05, 3.63) is 22.7 Å². The number of rotatable bonds is 1. The molecule has 0 N–H and O–H groups in total. The van der Waals surface area contributed by atoms with Crippen molar-refractivity contribution in [2.75, 3.05) is 20.4 Å². The molecule has 1 saturated carbocycles. The molecule has 2 atom stereocenters. The number of ether oxygens (including phenoxy) is 2. The molecule has 0 spiro atoms. The molecule has 112 valence electrons. The van der Waals surface area contributed by atoms with Gasteiger partial charge in [0.2, 0.25) is 6.79 Å². The fraction of sp³-hybridized carbons (Fsp3) is 0.562. The third-order valence-corrected chi connectivity index (χ3v) is 5.63. The van der Waals surface area contributed by atoms with Crippen LogP contribution in [0.5, 0.6) is 11.5 Å². The van der Waals surface area contributed by atoms with Gasteiger partial charge in [0.15, 0.2) is 11.5 Å². The lowest BCUT2D eigenvalue weighted by molar-refractivity contribution is -0.122. The van der Waals surface area contributed by atoms with Gasteiger partial charge in [0.1, 0.15) is 5.78 Å². The standard InChI is InChI=1S/C16H18ClNO3/c1-18-5-4-16(3-2-11(19)8-14(16)18)10-6-12(17)15-13(7-10)20-9-21-15/h6-7,14H,2-5,8-9H2,1H3/t14?,16-/m0/s1. The van der Waals surface area contributed by atoms with E-state index < -0.39 is 0 Å². The highest BCUT2D eigenvalue weighted by Crippen LogP contribution is 2.51. The Morgan fingerprint density at radius 2 is 2.19 bits per heavy atom. The highest BCUT2D eigenvalue weighted by Gasteiger charge is 2.50. The summed E-state index contributed by atoms with van der Waals surface area (Å²) in [6, 6.07) is 4.35. The van der Waals surface area contributed by atoms with Crippen LogP contribution in [0.3, 0.4) is 0 Å². The third kappa shape index (κ3) is 1.89. The van der Waals surface area contributed by atoms with E-state index in [4.69, 9.17) is 21.1 Å². The van der Waals surface area contributed by atoms with E-state index in [1.807, 2.05) is 6.07 Å². The first-order valence-corrected chi connectivity index (χ1v) is 7.79. The molecule has 4 rings (SSSR count). The van der Waals surface area contributed by atoms with Gasteiger partial charge in [-0.15, -0.1) is 0 Å². The number of likely N-dealkylation sites (tertiary alicyclic amines) is 1. The van der Waals surface area contributed by atoms with Crippen LogP contribution in [-0.2, 0) is 10.2 Å². The fourth-order valence-electron chi connectivity index (χ4n) is 4.18. The molecule has 0 amide bonds. The van der Waals surface area contributed by atoms with Crippen molar-refractivity contribution in [1.29, 1.82) is 0 Å². The molecule has 0 bridgehead atoms. The Labute approximate surface area is 129 Å². The van der Waals surface area contributed by atoms with E-state index in [1.165, 1.54) is 5.56 Å². The van der Waals surface area contributed by atoms with E-state index >= 15 is 0 Å². The number of likely N-dealkylation sites (N-methyl/N-ethyl adjacent to an activating group) is 1. The second-order valence-corrected chi connectivity index (χ2v) is 6.74. The van der Waals surface area contributed by atoms with Crippen LogP contribution in [-0.4, -0.2) is 37.1 Å². The third-order valence-electron chi connectivity index (χ3n) is 5.35. The van der Waals surface area contributed by atoms with Crippen molar-refractivity contribution in [2.45, 2.75) is 37.1 Å². The van der Waals surface area contributed by atoms with E-state index in [0.717, 1.165) is 25.1 Å². The highest BCUT2D eigenvalue weighted by molar-refractivity contribution is 6.32. The number of benzene rings is 1. The average Bonchev–Trinajstić information content (AvgIpc) is 3.06. The minimum absolute atomic E-state index is 0.0211. The van der Waals surface area contributed by atoms with E-state index in [9.17, 15) is 4.79 Å². The summed E-state index contributed by atoms with van der Waals surface area (Å²) in [5, 5.41) is 0.611. The van der Waals surface area contributed by atoms with Gasteiger partial charge in [-0.3, -0.25) is 4.79 Å². The van der Waals surface area contributed by atoms with Crippen LogP contribution < -0.4 is 9.47 Å². The van der Waals surface area contributed by atoms with Gasteiger partial charge in [-0.1, -0.05) is 11.6 Å². The number of Topliss-reactive ketones (excluding diaryl/α,β-unsaturated/α-hetero) is 1. The maximum absolute atomic E-state index is 11.9. The Morgan fingerprint density at radius 3 is 3.05 bits per heavy atom. The average molecular weight is 308 g/mol. The van der Waals surface area contributed by atoms with Crippen LogP contribution in [0.25, 0.3) is 0 Å². The number of ketones is 1. The molecular formula is C16H18ClNO3. The number of fused-ring (bicyclic) bond motifs is 2. The molecule has 1 aromatic carbocycles. The molecule has 2 fully saturated rings. The van der Waals surface area contributed by atoms with Gasteiger partial charge in [-0.25, -0.2) is 0 Å². The molecule has 21 heavy (non-hydrogen) atoms. The number of hydrogen-bond acceptors (Lipinski definition) is 4. The normalized spacial score (nSPS) is 31.5. The molecule has 0 aromatic heterocycles. The van der Waals surface area contributed by atoms with Crippen molar-refractivity contribution in [1.82, 2.24) is 4.90 Å². The summed E-state index contributed by atoms with van der Waals surface area (Å²) in [4.78, 5) is 14.2. The second-order valence-electron chi connectivity index (χ2n) is 6.34. The smallest absolute Gasteiger partial charge is 0.231 e. The Bertz CT molecular complexity index is 618. The summed E-state index contributed by atoms with van der Waals surface area (Å²) < 4.78 is 10.9. The maximum atomic E-state index is 11.9. The fourth-order valence-corrected chi connectivity index (χ4v) is 4.44. The number of halogens is 1. The van der Waals surface area contributed by atoms with Crippen molar-refractivity contribution in [3.8, 4) is 11.5 Å². The lowest BCUT2D eigenvalue weighted by atomic mass is 9.66. The first-order valence-electron chi connectivity index (χ1n) is 7.42. The molecule has 4 nitrogen and oxygen atoms in total. The monoisotopic (exact) mass is 307 g/mol. The molecule has 0 radical (unpaired) electrons. The van der Waals surface area contributed by atoms with Crippen LogP contribution in [0.2, 0.25) is 5.02 Å². The molecule has 1 aliphatic carbocycles. The van der Waals surface area contributed by atoms with Crippen LogP contribution in [0.4, 0.5) is 0 Å². The minimum atomic E-state index is 0.0211. The number of carbonyl (C=O) groups is 1. The number of hydrogen-bond donors (Lipinski definition) is 0. The molecule has 3 aliphatic rings. The highest BCUT2D eigenvalue weighted by atomic mass is 35.5. The van der Waals surface area contributed by atoms with Gasteiger partial charge in [-0.05, 0) is 44.1 Å². The molecule has 2 aliphatic heterocycles. The van der Waals surface area contributed by atoms with Crippen molar-refractivity contribution in [3.63, 3.8) is 0 Å². The van der Waals surface area contributed by atoms with Crippen LogP contribution in [0.15, 0.2) is 12.1 Å². The predicted octanol–water partition coefficient (Wildman–Crippen LogP) is 2.76. The molecule has 1 aromatic rings. The molecule has 1 saturated heterocycles. The predicted molar refractivity (Wildman–Crippen MR) is 79.1 cm³/mol. The summed E-state index contributed by atoms with van der Waals surface area (Å²) in [6.07, 6.45) is 3.27. The lowest BCUT2D eigenvalue weighted by Crippen LogP contribution is -2.46. The zero-order valence-electron chi connectivity index (χ0n) is 12.0. The lowest BCUT2D eigenvalue weighted by Gasteiger charge is -2.41. The van der Waals surface area contributed by atoms with Crippen molar-refractivity contribution < 1.29 is 14.3 Å². The number of carbonyl (C=O) groups excluding carboxylic acids is 1. The van der Waals surface area contributed by atoms with E-state index in [0.29, 0.717) is 29.4 Å². The van der Waals surface area contributed by atoms with Gasteiger partial charge in [0.05, 0.1) is 5.02 Å². The zero-order valence-corrected chi connectivity index (χ0v) is 12.8. The second kappa shape index (κ2) is 4.62. The number of nitrogens with zero attached hydrogens (tertiary/aromatic N) is 1. The Hall–Kier alpha value is -1.26. The van der Waals surface area contributed by atoms with Crippen molar-refractivity contribution >= 4 is 17.4 Å². The molecule has 5 heteroatoms. The van der Waals surface area contributed by atoms with Crippen molar-refractivity contribution in [2.24, 2.45) is 0 Å². The van der Waals surface area contributed by atoms with Gasteiger partial charge in [0, 0.05) is 24.3 Å². The molecule has 2 heterocycles. The van der Waals surface area contributed by atoms with Gasteiger partial charge >= 0.3 is 0 Å². The molecule has 1 unspecified atom stereocenters.